The Bertz CT molecular complexity index is 1220. The molecule has 1 aromatic heterocycles. The number of ether oxygens (including phenoxy) is 2. The topological polar surface area (TPSA) is 85.6 Å². The molecule has 0 spiro atoms. The standard InChI is InChI=1S/C24H21N3O4/c1-30-21-13-12-16(14-22(21)31-2)18-15-27(17-8-4-3-5-9-17)26-23(18)24(29)25-19-10-6-7-11-20(19)28/h3-15,28H,1-2H3,(H,25,29). The largest absolute Gasteiger partial charge is 0.506 e. The number of para-hydroxylation sites is 3. The molecule has 0 saturated heterocycles. The van der Waals surface area contributed by atoms with Crippen molar-refractivity contribution in [3.05, 3.63) is 84.7 Å². The fourth-order valence-corrected chi connectivity index (χ4v) is 3.23. The Morgan fingerprint density at radius 3 is 2.35 bits per heavy atom. The van der Waals surface area contributed by atoms with Crippen molar-refractivity contribution in [1.29, 1.82) is 0 Å². The van der Waals surface area contributed by atoms with Gasteiger partial charge in [0.15, 0.2) is 17.2 Å². The van der Waals surface area contributed by atoms with Crippen molar-refractivity contribution in [3.8, 4) is 34.1 Å². The average molecular weight is 415 g/mol. The lowest BCUT2D eigenvalue weighted by molar-refractivity contribution is 0.102. The van der Waals surface area contributed by atoms with E-state index in [1.807, 2.05) is 36.4 Å². The first-order valence-corrected chi connectivity index (χ1v) is 9.57. The number of rotatable bonds is 6. The number of aromatic hydroxyl groups is 1. The first kappa shape index (κ1) is 20.0. The van der Waals surface area contributed by atoms with Crippen LogP contribution in [0.25, 0.3) is 16.8 Å². The summed E-state index contributed by atoms with van der Waals surface area (Å²) in [6.07, 6.45) is 1.79. The van der Waals surface area contributed by atoms with E-state index in [9.17, 15) is 9.90 Å². The molecule has 31 heavy (non-hydrogen) atoms. The first-order valence-electron chi connectivity index (χ1n) is 9.57. The normalized spacial score (nSPS) is 10.5. The van der Waals surface area contributed by atoms with Crippen LogP contribution in [-0.2, 0) is 0 Å². The summed E-state index contributed by atoms with van der Waals surface area (Å²) in [7, 11) is 3.12. The second-order valence-corrected chi connectivity index (χ2v) is 6.71. The quantitative estimate of drug-likeness (QED) is 0.453. The van der Waals surface area contributed by atoms with Gasteiger partial charge in [0.1, 0.15) is 5.75 Å². The highest BCUT2D eigenvalue weighted by Gasteiger charge is 2.21. The van der Waals surface area contributed by atoms with Crippen molar-refractivity contribution in [1.82, 2.24) is 9.78 Å². The summed E-state index contributed by atoms with van der Waals surface area (Å²) in [5.41, 5.74) is 2.67. The van der Waals surface area contributed by atoms with E-state index in [4.69, 9.17) is 9.47 Å². The number of methoxy groups -OCH3 is 2. The summed E-state index contributed by atoms with van der Waals surface area (Å²) in [5, 5.41) is 17.3. The zero-order valence-corrected chi connectivity index (χ0v) is 17.1. The maximum atomic E-state index is 13.1. The molecule has 0 radical (unpaired) electrons. The van der Waals surface area contributed by atoms with E-state index in [0.29, 0.717) is 22.7 Å². The lowest BCUT2D eigenvalue weighted by Gasteiger charge is -2.10. The highest BCUT2D eigenvalue weighted by Crippen LogP contribution is 2.34. The van der Waals surface area contributed by atoms with Crippen molar-refractivity contribution < 1.29 is 19.4 Å². The minimum Gasteiger partial charge on any atom is -0.506 e. The summed E-state index contributed by atoms with van der Waals surface area (Å²) < 4.78 is 12.4. The van der Waals surface area contributed by atoms with Crippen molar-refractivity contribution in [2.24, 2.45) is 0 Å². The third-order valence-electron chi connectivity index (χ3n) is 4.80. The molecule has 0 aliphatic rings. The predicted octanol–water partition coefficient (Wildman–Crippen LogP) is 4.51. The minimum absolute atomic E-state index is 0.0222. The molecule has 156 valence electrons. The maximum absolute atomic E-state index is 13.1. The smallest absolute Gasteiger partial charge is 0.276 e. The van der Waals surface area contributed by atoms with Gasteiger partial charge in [0.05, 0.1) is 25.6 Å². The molecule has 2 N–H and O–H groups in total. The molecule has 1 heterocycles. The Balaban J connectivity index is 1.81. The second kappa shape index (κ2) is 8.62. The fourth-order valence-electron chi connectivity index (χ4n) is 3.23. The zero-order chi connectivity index (χ0) is 21.8. The third-order valence-corrected chi connectivity index (χ3v) is 4.80. The molecule has 7 nitrogen and oxygen atoms in total. The number of hydrogen-bond donors (Lipinski definition) is 2. The van der Waals surface area contributed by atoms with Gasteiger partial charge in [-0.25, -0.2) is 4.68 Å². The third kappa shape index (κ3) is 4.06. The van der Waals surface area contributed by atoms with Gasteiger partial charge in [-0.1, -0.05) is 36.4 Å². The van der Waals surface area contributed by atoms with Gasteiger partial charge in [0, 0.05) is 11.8 Å². The molecule has 0 fully saturated rings. The molecule has 0 saturated carbocycles. The SMILES string of the molecule is COc1ccc(-c2cn(-c3ccccc3)nc2C(=O)Nc2ccccc2O)cc1OC. The van der Waals surface area contributed by atoms with E-state index in [2.05, 4.69) is 10.4 Å². The van der Waals surface area contributed by atoms with Crippen molar-refractivity contribution in [2.45, 2.75) is 0 Å². The molecule has 3 aromatic carbocycles. The van der Waals surface area contributed by atoms with Gasteiger partial charge in [0.25, 0.3) is 5.91 Å². The Hall–Kier alpha value is -4.26. The minimum atomic E-state index is -0.444. The van der Waals surface area contributed by atoms with Crippen LogP contribution in [0.15, 0.2) is 79.0 Å². The number of hydrogen-bond acceptors (Lipinski definition) is 5. The summed E-state index contributed by atoms with van der Waals surface area (Å²) in [6.45, 7) is 0. The lowest BCUT2D eigenvalue weighted by atomic mass is 10.1. The molecule has 0 aliphatic carbocycles. The van der Waals surface area contributed by atoms with Gasteiger partial charge in [-0.3, -0.25) is 4.79 Å². The van der Waals surface area contributed by atoms with E-state index in [1.54, 1.807) is 55.4 Å². The Kier molecular flexibility index (Phi) is 5.57. The number of phenols is 1. The van der Waals surface area contributed by atoms with Crippen LogP contribution in [0, 0.1) is 0 Å². The summed E-state index contributed by atoms with van der Waals surface area (Å²) >= 11 is 0. The molecule has 0 unspecified atom stereocenters. The number of phenolic OH excluding ortho intramolecular Hbond substituents is 1. The predicted molar refractivity (Wildman–Crippen MR) is 118 cm³/mol. The fraction of sp³-hybridized carbons (Fsp3) is 0.0833. The highest BCUT2D eigenvalue weighted by atomic mass is 16.5. The molecule has 0 atom stereocenters. The van der Waals surface area contributed by atoms with Crippen LogP contribution in [-0.4, -0.2) is 35.0 Å². The Morgan fingerprint density at radius 2 is 1.65 bits per heavy atom. The number of amides is 1. The van der Waals surface area contributed by atoms with E-state index in [-0.39, 0.29) is 11.4 Å². The van der Waals surface area contributed by atoms with E-state index >= 15 is 0 Å². The van der Waals surface area contributed by atoms with Crippen LogP contribution in [0.5, 0.6) is 17.2 Å². The molecule has 1 amide bonds. The number of carbonyl (C=O) groups is 1. The number of nitrogens with one attached hydrogen (secondary N) is 1. The number of benzene rings is 3. The van der Waals surface area contributed by atoms with Gasteiger partial charge >= 0.3 is 0 Å². The Labute approximate surface area is 179 Å². The number of nitrogens with zero attached hydrogens (tertiary/aromatic N) is 2. The van der Waals surface area contributed by atoms with Crippen LogP contribution < -0.4 is 14.8 Å². The molecule has 0 bridgehead atoms. The molecular formula is C24H21N3O4. The molecule has 4 rings (SSSR count). The Morgan fingerprint density at radius 1 is 0.935 bits per heavy atom. The van der Waals surface area contributed by atoms with Gasteiger partial charge < -0.3 is 19.9 Å². The van der Waals surface area contributed by atoms with Crippen LogP contribution in [0.3, 0.4) is 0 Å². The van der Waals surface area contributed by atoms with Crippen LogP contribution >= 0.6 is 0 Å². The van der Waals surface area contributed by atoms with Gasteiger partial charge in [-0.2, -0.15) is 5.10 Å². The summed E-state index contributed by atoms with van der Waals surface area (Å²) in [4.78, 5) is 13.1. The molecule has 7 heteroatoms. The zero-order valence-electron chi connectivity index (χ0n) is 17.1. The first-order chi connectivity index (χ1) is 15.1. The average Bonchev–Trinajstić information content (AvgIpc) is 3.26. The molecule has 0 aliphatic heterocycles. The number of carbonyl (C=O) groups excluding carboxylic acids is 1. The van der Waals surface area contributed by atoms with Gasteiger partial charge in [-0.15, -0.1) is 0 Å². The lowest BCUT2D eigenvalue weighted by Crippen LogP contribution is -2.14. The van der Waals surface area contributed by atoms with Crippen LogP contribution in [0.4, 0.5) is 5.69 Å². The van der Waals surface area contributed by atoms with Gasteiger partial charge in [0.2, 0.25) is 0 Å². The summed E-state index contributed by atoms with van der Waals surface area (Å²) in [6, 6.07) is 21.5. The summed E-state index contributed by atoms with van der Waals surface area (Å²) in [5.74, 6) is 0.661. The monoisotopic (exact) mass is 415 g/mol. The van der Waals surface area contributed by atoms with Crippen molar-refractivity contribution in [3.63, 3.8) is 0 Å². The van der Waals surface area contributed by atoms with E-state index in [1.165, 1.54) is 6.07 Å². The number of aromatic nitrogens is 2. The maximum Gasteiger partial charge on any atom is 0.276 e. The van der Waals surface area contributed by atoms with Crippen LogP contribution in [0.1, 0.15) is 10.5 Å². The molecule has 4 aromatic rings. The van der Waals surface area contributed by atoms with Crippen molar-refractivity contribution >= 4 is 11.6 Å². The highest BCUT2D eigenvalue weighted by molar-refractivity contribution is 6.08. The van der Waals surface area contributed by atoms with Crippen LogP contribution in [0.2, 0.25) is 0 Å². The molecular weight excluding hydrogens is 394 g/mol. The van der Waals surface area contributed by atoms with E-state index in [0.717, 1.165) is 11.3 Å². The van der Waals surface area contributed by atoms with E-state index < -0.39 is 5.91 Å². The van der Waals surface area contributed by atoms with Crippen molar-refractivity contribution in [2.75, 3.05) is 19.5 Å². The number of anilines is 1. The second-order valence-electron chi connectivity index (χ2n) is 6.71. The van der Waals surface area contributed by atoms with Gasteiger partial charge in [-0.05, 0) is 42.0 Å².